The fourth-order valence-corrected chi connectivity index (χ4v) is 4.81. The highest BCUT2D eigenvalue weighted by Gasteiger charge is 2.20. The smallest absolute Gasteiger partial charge is 0.139 e. The summed E-state index contributed by atoms with van der Waals surface area (Å²) in [6, 6.07) is 9.31. The minimum Gasteiger partial charge on any atom is -0.354 e. The van der Waals surface area contributed by atoms with Gasteiger partial charge in [-0.15, -0.1) is 0 Å². The summed E-state index contributed by atoms with van der Waals surface area (Å²) >= 11 is 0. The molecule has 144 valence electrons. The lowest BCUT2D eigenvalue weighted by Gasteiger charge is -2.23. The van der Waals surface area contributed by atoms with Gasteiger partial charge in [0.05, 0.1) is 5.69 Å². The minimum absolute atomic E-state index is 0.450. The lowest BCUT2D eigenvalue weighted by molar-refractivity contribution is 0.460. The SMILES string of the molecule is Cc1cc(-c2[nH]c3ccc(C4CCNCC4)cc3c2C(C)C)cn2ccnc12. The number of nitrogens with one attached hydrogen (secondary N) is 2. The second-order valence-corrected chi connectivity index (χ2v) is 8.47. The Labute approximate surface area is 166 Å². The molecule has 2 N–H and O–H groups in total. The van der Waals surface area contributed by atoms with Gasteiger partial charge in [0.2, 0.25) is 0 Å². The number of hydrogen-bond acceptors (Lipinski definition) is 2. The highest BCUT2D eigenvalue weighted by molar-refractivity contribution is 5.92. The van der Waals surface area contributed by atoms with E-state index in [0.29, 0.717) is 11.8 Å². The zero-order valence-corrected chi connectivity index (χ0v) is 16.9. The molecule has 28 heavy (non-hydrogen) atoms. The number of aromatic amines is 1. The van der Waals surface area contributed by atoms with Crippen LogP contribution in [0.2, 0.25) is 0 Å². The molecule has 1 aliphatic heterocycles. The minimum atomic E-state index is 0.450. The molecule has 1 aromatic carbocycles. The molecule has 4 aromatic rings. The number of piperidine rings is 1. The lowest BCUT2D eigenvalue weighted by Crippen LogP contribution is -2.26. The van der Waals surface area contributed by atoms with E-state index in [0.717, 1.165) is 18.7 Å². The quantitative estimate of drug-likeness (QED) is 0.507. The standard InChI is InChI=1S/C24H28N4/c1-15(2)22-20-13-18(17-6-8-25-9-7-17)4-5-21(20)27-23(22)19-12-16(3)24-26-10-11-28(24)14-19/h4-5,10-15,17,25,27H,6-9H2,1-3H3. The molecule has 1 fully saturated rings. The zero-order chi connectivity index (χ0) is 19.3. The third-order valence-electron chi connectivity index (χ3n) is 6.21. The Kier molecular flexibility index (Phi) is 4.24. The number of benzene rings is 1. The van der Waals surface area contributed by atoms with Crippen molar-refractivity contribution >= 4 is 16.6 Å². The normalized spacial score (nSPS) is 15.9. The van der Waals surface area contributed by atoms with Crippen molar-refractivity contribution in [2.24, 2.45) is 0 Å². The van der Waals surface area contributed by atoms with E-state index in [1.807, 2.05) is 12.4 Å². The van der Waals surface area contributed by atoms with Gasteiger partial charge in [-0.3, -0.25) is 0 Å². The number of aryl methyl sites for hydroxylation is 1. The molecule has 1 saturated heterocycles. The van der Waals surface area contributed by atoms with E-state index in [4.69, 9.17) is 0 Å². The van der Waals surface area contributed by atoms with Gasteiger partial charge in [-0.25, -0.2) is 4.98 Å². The van der Waals surface area contributed by atoms with Gasteiger partial charge in [0, 0.05) is 35.1 Å². The van der Waals surface area contributed by atoms with Gasteiger partial charge < -0.3 is 14.7 Å². The van der Waals surface area contributed by atoms with Crippen LogP contribution in [0.25, 0.3) is 27.8 Å². The van der Waals surface area contributed by atoms with Crippen LogP contribution < -0.4 is 5.32 Å². The van der Waals surface area contributed by atoms with Crippen molar-refractivity contribution in [1.29, 1.82) is 0 Å². The molecule has 0 aliphatic carbocycles. The molecule has 4 heterocycles. The Bertz CT molecular complexity index is 1140. The lowest BCUT2D eigenvalue weighted by atomic mass is 9.88. The molecule has 4 nitrogen and oxygen atoms in total. The van der Waals surface area contributed by atoms with Crippen molar-refractivity contribution in [3.05, 3.63) is 59.5 Å². The number of rotatable bonds is 3. The van der Waals surface area contributed by atoms with E-state index in [9.17, 15) is 0 Å². The van der Waals surface area contributed by atoms with Crippen LogP contribution in [0.1, 0.15) is 55.2 Å². The van der Waals surface area contributed by atoms with Gasteiger partial charge in [0.15, 0.2) is 0 Å². The van der Waals surface area contributed by atoms with Gasteiger partial charge in [-0.1, -0.05) is 19.9 Å². The van der Waals surface area contributed by atoms with Crippen molar-refractivity contribution in [2.45, 2.75) is 45.4 Å². The molecule has 0 amide bonds. The first-order valence-electron chi connectivity index (χ1n) is 10.4. The van der Waals surface area contributed by atoms with Crippen LogP contribution in [0.3, 0.4) is 0 Å². The summed E-state index contributed by atoms with van der Waals surface area (Å²) in [6.45, 7) is 8.99. The number of nitrogens with zero attached hydrogens (tertiary/aromatic N) is 2. The molecule has 4 heteroatoms. The largest absolute Gasteiger partial charge is 0.354 e. The third-order valence-corrected chi connectivity index (χ3v) is 6.21. The maximum absolute atomic E-state index is 4.46. The number of imidazole rings is 1. The van der Waals surface area contributed by atoms with Crippen molar-refractivity contribution < 1.29 is 0 Å². The second kappa shape index (κ2) is 6.78. The molecular weight excluding hydrogens is 344 g/mol. The average molecular weight is 373 g/mol. The van der Waals surface area contributed by atoms with Gasteiger partial charge in [0.1, 0.15) is 5.65 Å². The molecule has 0 spiro atoms. The molecule has 0 unspecified atom stereocenters. The summed E-state index contributed by atoms with van der Waals surface area (Å²) in [7, 11) is 0. The van der Waals surface area contributed by atoms with Gasteiger partial charge in [-0.05, 0) is 79.6 Å². The first-order valence-corrected chi connectivity index (χ1v) is 10.4. The number of hydrogen-bond donors (Lipinski definition) is 2. The van der Waals surface area contributed by atoms with E-state index >= 15 is 0 Å². The van der Waals surface area contributed by atoms with E-state index in [1.54, 1.807) is 0 Å². The van der Waals surface area contributed by atoms with Crippen molar-refractivity contribution in [3.63, 3.8) is 0 Å². The molecule has 3 aromatic heterocycles. The van der Waals surface area contributed by atoms with Crippen molar-refractivity contribution in [3.8, 4) is 11.3 Å². The van der Waals surface area contributed by atoms with Crippen molar-refractivity contribution in [1.82, 2.24) is 19.7 Å². The number of fused-ring (bicyclic) bond motifs is 2. The maximum atomic E-state index is 4.46. The van der Waals surface area contributed by atoms with Gasteiger partial charge >= 0.3 is 0 Å². The van der Waals surface area contributed by atoms with Crippen LogP contribution in [-0.4, -0.2) is 27.5 Å². The summed E-state index contributed by atoms with van der Waals surface area (Å²) < 4.78 is 2.13. The number of aromatic nitrogens is 3. The first-order chi connectivity index (χ1) is 13.6. The predicted octanol–water partition coefficient (Wildman–Crippen LogP) is 5.38. The highest BCUT2D eigenvalue weighted by atomic mass is 15.0. The zero-order valence-electron chi connectivity index (χ0n) is 16.9. The summed E-state index contributed by atoms with van der Waals surface area (Å²) in [6.07, 6.45) is 8.55. The Morgan fingerprint density at radius 2 is 1.96 bits per heavy atom. The van der Waals surface area contributed by atoms with Crippen LogP contribution in [0.5, 0.6) is 0 Å². The second-order valence-electron chi connectivity index (χ2n) is 8.47. The topological polar surface area (TPSA) is 45.1 Å². The Hall–Kier alpha value is -2.59. The average Bonchev–Trinajstić information content (AvgIpc) is 3.32. The maximum Gasteiger partial charge on any atom is 0.139 e. The Morgan fingerprint density at radius 1 is 1.14 bits per heavy atom. The van der Waals surface area contributed by atoms with E-state index in [2.05, 4.69) is 70.9 Å². The fraction of sp³-hybridized carbons (Fsp3) is 0.375. The molecule has 1 aliphatic rings. The molecule has 0 atom stereocenters. The molecular formula is C24H28N4. The number of H-pyrrole nitrogens is 1. The Balaban J connectivity index is 1.68. The summed E-state index contributed by atoms with van der Waals surface area (Å²) in [5.41, 5.74) is 8.84. The molecule has 0 bridgehead atoms. The molecule has 5 rings (SSSR count). The summed E-state index contributed by atoms with van der Waals surface area (Å²) in [5, 5.41) is 4.86. The predicted molar refractivity (Wildman–Crippen MR) is 116 cm³/mol. The first kappa shape index (κ1) is 17.5. The van der Waals surface area contributed by atoms with Crippen LogP contribution >= 0.6 is 0 Å². The van der Waals surface area contributed by atoms with Gasteiger partial charge in [0.25, 0.3) is 0 Å². The fourth-order valence-electron chi connectivity index (χ4n) is 4.81. The highest BCUT2D eigenvalue weighted by Crippen LogP contribution is 2.38. The summed E-state index contributed by atoms with van der Waals surface area (Å²) in [4.78, 5) is 8.19. The number of pyridine rings is 1. The molecule has 0 saturated carbocycles. The summed E-state index contributed by atoms with van der Waals surface area (Å²) in [5.74, 6) is 1.12. The van der Waals surface area contributed by atoms with Crippen molar-refractivity contribution in [2.75, 3.05) is 13.1 Å². The van der Waals surface area contributed by atoms with E-state index < -0.39 is 0 Å². The monoisotopic (exact) mass is 372 g/mol. The van der Waals surface area contributed by atoms with Crippen LogP contribution in [-0.2, 0) is 0 Å². The third kappa shape index (κ3) is 2.83. The Morgan fingerprint density at radius 3 is 2.75 bits per heavy atom. The van der Waals surface area contributed by atoms with E-state index in [-0.39, 0.29) is 0 Å². The van der Waals surface area contributed by atoms with E-state index in [1.165, 1.54) is 51.7 Å². The van der Waals surface area contributed by atoms with Gasteiger partial charge in [-0.2, -0.15) is 0 Å². The van der Waals surface area contributed by atoms with Crippen LogP contribution in [0.4, 0.5) is 0 Å². The van der Waals surface area contributed by atoms with Crippen LogP contribution in [0, 0.1) is 6.92 Å². The molecule has 0 radical (unpaired) electrons. The van der Waals surface area contributed by atoms with Crippen LogP contribution in [0.15, 0.2) is 42.9 Å².